The van der Waals surface area contributed by atoms with Crippen molar-refractivity contribution in [2.24, 2.45) is 11.3 Å². The fraction of sp³-hybridized carbons (Fsp3) is 0.477. The van der Waals surface area contributed by atoms with Gasteiger partial charge in [0.2, 0.25) is 11.8 Å². The average Bonchev–Trinajstić information content (AvgIpc) is 3.79. The Balaban J connectivity index is 1.03. The molecular weight excluding hydrogens is 787 g/mol. The van der Waals surface area contributed by atoms with E-state index >= 15 is 0 Å². The Hall–Kier alpha value is -4.63. The lowest BCUT2D eigenvalue weighted by atomic mass is 9.67. The number of piperidine rings is 2. The second-order valence-electron chi connectivity index (χ2n) is 16.5. The van der Waals surface area contributed by atoms with Crippen molar-refractivity contribution in [2.45, 2.75) is 95.1 Å². The van der Waals surface area contributed by atoms with Gasteiger partial charge in [0, 0.05) is 48.8 Å². The summed E-state index contributed by atoms with van der Waals surface area (Å²) in [7, 11) is 2.92. The van der Waals surface area contributed by atoms with Crippen LogP contribution < -0.4 is 14.8 Å². The van der Waals surface area contributed by atoms with Gasteiger partial charge in [-0.05, 0) is 92.5 Å². The van der Waals surface area contributed by atoms with E-state index in [0.717, 1.165) is 27.8 Å². The molecule has 2 aliphatic heterocycles. The van der Waals surface area contributed by atoms with E-state index in [9.17, 15) is 33.0 Å². The number of Topliss-reactive ketones (excluding diaryl/α,β-unsaturated/α-hetero) is 1. The Kier molecular flexibility index (Phi) is 11.5. The molecule has 2 aromatic carbocycles. The van der Waals surface area contributed by atoms with E-state index in [1.165, 1.54) is 7.11 Å². The normalized spacial score (nSPS) is 24.1. The largest absolute Gasteiger partial charge is 0.481 e. The average molecular weight is 834 g/mol. The van der Waals surface area contributed by atoms with Gasteiger partial charge in [-0.25, -0.2) is 15.0 Å². The van der Waals surface area contributed by atoms with Gasteiger partial charge in [-0.15, -0.1) is 0 Å². The van der Waals surface area contributed by atoms with Crippen LogP contribution >= 0.6 is 11.6 Å². The number of methoxy groups -OCH3 is 2. The van der Waals surface area contributed by atoms with Crippen LogP contribution in [0.5, 0.6) is 11.8 Å². The summed E-state index contributed by atoms with van der Waals surface area (Å²) in [4.78, 5) is 39.3. The lowest BCUT2D eigenvalue weighted by Crippen LogP contribution is -2.56. The summed E-state index contributed by atoms with van der Waals surface area (Å²) < 4.78 is 55.5. The Morgan fingerprint density at radius 1 is 0.966 bits per heavy atom. The lowest BCUT2D eigenvalue weighted by molar-refractivity contribution is -0.160. The van der Waals surface area contributed by atoms with Gasteiger partial charge in [-0.3, -0.25) is 14.5 Å². The Bertz CT molecular complexity index is 2260. The standard InChI is InChI=1S/C44H47ClF3N5O6/c1-58-40-26(21-49-20-24-17-36(54)37(55)18-24)10-12-33(51-40)32-8-4-7-31(38(32)45)29-6-3-5-28-25(9-11-30(28)29)19-34-39(44(46,47)48)50-35(41(52-34)59-2)22-53-23-43(42(56)57)15-13-27(53)14-16-43/h3-8,10,12,24-25,27,36,49,54H,9,11,13-23H2,1-2H3,(H,56,57)/t24-,25-,27?,36?,43?/m1/s1. The number of ether oxygens (including phenoxy) is 2. The van der Waals surface area contributed by atoms with Crippen LogP contribution in [0, 0.1) is 11.3 Å². The fourth-order valence-corrected chi connectivity index (χ4v) is 10.1. The highest BCUT2D eigenvalue weighted by Crippen LogP contribution is 2.47. The highest BCUT2D eigenvalue weighted by Gasteiger charge is 2.50. The number of halogens is 4. The number of hydrogen-bond acceptors (Lipinski definition) is 10. The number of pyridine rings is 1. The fourth-order valence-electron chi connectivity index (χ4n) is 9.80. The number of benzene rings is 2. The number of carbonyl (C=O) groups excluding carboxylic acids is 1. The van der Waals surface area contributed by atoms with Gasteiger partial charge in [0.25, 0.3) is 0 Å². The van der Waals surface area contributed by atoms with Crippen molar-refractivity contribution in [3.8, 4) is 34.1 Å². The summed E-state index contributed by atoms with van der Waals surface area (Å²) in [5, 5.41) is 23.6. The molecule has 4 aromatic rings. The van der Waals surface area contributed by atoms with Crippen molar-refractivity contribution in [2.75, 3.05) is 27.3 Å². The number of alkyl halides is 3. The molecule has 2 aromatic heterocycles. The second-order valence-corrected chi connectivity index (χ2v) is 16.8. The summed E-state index contributed by atoms with van der Waals surface area (Å²) in [6.45, 7) is 1.32. The maximum absolute atomic E-state index is 14.8. The van der Waals surface area contributed by atoms with Crippen LogP contribution in [-0.4, -0.2) is 81.3 Å². The highest BCUT2D eigenvalue weighted by atomic mass is 35.5. The molecule has 1 unspecified atom stereocenters. The molecular formula is C44H47ClF3N5O6. The number of ketones is 1. The predicted octanol–water partition coefficient (Wildman–Crippen LogP) is 7.43. The molecule has 11 nitrogen and oxygen atoms in total. The van der Waals surface area contributed by atoms with E-state index in [4.69, 9.17) is 26.1 Å². The number of nitrogens with zero attached hydrogens (tertiary/aromatic N) is 4. The molecule has 3 N–H and O–H groups in total. The van der Waals surface area contributed by atoms with Crippen molar-refractivity contribution >= 4 is 23.4 Å². The smallest absolute Gasteiger partial charge is 0.435 e. The number of carboxylic acids is 1. The molecule has 5 aliphatic rings. The highest BCUT2D eigenvalue weighted by molar-refractivity contribution is 6.36. The zero-order chi connectivity index (χ0) is 41.6. The first-order valence-corrected chi connectivity index (χ1v) is 20.5. The summed E-state index contributed by atoms with van der Waals surface area (Å²) in [5.41, 5.74) is 3.67. The third kappa shape index (κ3) is 8.04. The summed E-state index contributed by atoms with van der Waals surface area (Å²) >= 11 is 7.16. The number of carboxylic acid groups (broad SMARTS) is 1. The number of rotatable bonds is 13. The zero-order valence-electron chi connectivity index (χ0n) is 32.9. The molecule has 59 heavy (non-hydrogen) atoms. The number of fused-ring (bicyclic) bond motifs is 4. The van der Waals surface area contributed by atoms with Crippen molar-refractivity contribution in [1.29, 1.82) is 0 Å². The maximum Gasteiger partial charge on any atom is 0.435 e. The molecule has 4 heterocycles. The number of hydrogen-bond donors (Lipinski definition) is 3. The number of aliphatic hydroxyl groups excluding tert-OH is 1. The lowest BCUT2D eigenvalue weighted by Gasteiger charge is -2.50. The third-order valence-corrected chi connectivity index (χ3v) is 13.3. The molecule has 15 heteroatoms. The van der Waals surface area contributed by atoms with E-state index in [1.54, 1.807) is 7.11 Å². The molecule has 9 rings (SSSR count). The Morgan fingerprint density at radius 3 is 2.39 bits per heavy atom. The minimum Gasteiger partial charge on any atom is -0.481 e. The predicted molar refractivity (Wildman–Crippen MR) is 213 cm³/mol. The van der Waals surface area contributed by atoms with Gasteiger partial charge < -0.3 is 25.0 Å². The van der Waals surface area contributed by atoms with E-state index in [2.05, 4.69) is 15.3 Å². The number of aromatic nitrogens is 3. The summed E-state index contributed by atoms with van der Waals surface area (Å²) in [6, 6.07) is 15.4. The molecule has 0 radical (unpaired) electrons. The quantitative estimate of drug-likeness (QED) is 0.124. The first kappa shape index (κ1) is 41.1. The summed E-state index contributed by atoms with van der Waals surface area (Å²) in [5.74, 6) is -0.725. The third-order valence-electron chi connectivity index (χ3n) is 12.9. The van der Waals surface area contributed by atoms with Crippen LogP contribution in [-0.2, 0) is 41.7 Å². The van der Waals surface area contributed by atoms with Gasteiger partial charge in [-0.2, -0.15) is 13.2 Å². The van der Waals surface area contributed by atoms with Crippen LogP contribution in [0.2, 0.25) is 5.02 Å². The van der Waals surface area contributed by atoms with E-state index in [0.29, 0.717) is 86.6 Å². The molecule has 0 spiro atoms. The molecule has 4 fully saturated rings. The maximum atomic E-state index is 14.8. The van der Waals surface area contributed by atoms with E-state index in [-0.39, 0.29) is 60.4 Å². The van der Waals surface area contributed by atoms with Crippen LogP contribution in [0.3, 0.4) is 0 Å². The van der Waals surface area contributed by atoms with Gasteiger partial charge in [-0.1, -0.05) is 54.1 Å². The second kappa shape index (κ2) is 16.4. The molecule has 3 atom stereocenters. The topological polar surface area (TPSA) is 147 Å². The van der Waals surface area contributed by atoms with E-state index in [1.807, 2.05) is 53.4 Å². The summed E-state index contributed by atoms with van der Waals surface area (Å²) in [6.07, 6.45) is -1.15. The number of nitrogens with one attached hydrogen (secondary N) is 1. The van der Waals surface area contributed by atoms with Crippen molar-refractivity contribution in [3.05, 3.63) is 87.3 Å². The molecule has 3 aliphatic carbocycles. The molecule has 312 valence electrons. The number of carbonyl (C=O) groups is 2. The van der Waals surface area contributed by atoms with Crippen molar-refractivity contribution in [1.82, 2.24) is 25.2 Å². The van der Waals surface area contributed by atoms with Crippen molar-refractivity contribution in [3.63, 3.8) is 0 Å². The Labute approximate surface area is 345 Å². The van der Waals surface area contributed by atoms with E-state index < -0.39 is 29.4 Å². The minimum absolute atomic E-state index is 0.00280. The van der Waals surface area contributed by atoms with Crippen LogP contribution in [0.15, 0.2) is 48.5 Å². The Morgan fingerprint density at radius 2 is 1.69 bits per heavy atom. The van der Waals surface area contributed by atoms with Gasteiger partial charge in [0.1, 0.15) is 11.8 Å². The van der Waals surface area contributed by atoms with Gasteiger partial charge in [0.15, 0.2) is 11.5 Å². The first-order valence-electron chi connectivity index (χ1n) is 20.1. The number of aliphatic hydroxyl groups is 1. The van der Waals surface area contributed by atoms with Crippen LogP contribution in [0.25, 0.3) is 22.4 Å². The molecule has 0 amide bonds. The van der Waals surface area contributed by atoms with Crippen LogP contribution in [0.4, 0.5) is 13.2 Å². The molecule has 2 saturated carbocycles. The van der Waals surface area contributed by atoms with Crippen LogP contribution in [0.1, 0.15) is 84.6 Å². The molecule has 2 saturated heterocycles. The SMILES string of the molecule is COc1nc(-c2cccc(-c3cccc4c3CC[C@@H]4Cc3nc(OC)c(CN4CC5(C(=O)O)CCC4CC5)nc3C(F)(F)F)c2Cl)ccc1CNC[C@H]1CC(=O)C(O)C1. The first-order chi connectivity index (χ1) is 28.3. The van der Waals surface area contributed by atoms with Gasteiger partial charge >= 0.3 is 12.1 Å². The minimum atomic E-state index is -4.77. The zero-order valence-corrected chi connectivity index (χ0v) is 33.7. The molecule has 2 bridgehead atoms. The van der Waals surface area contributed by atoms with Gasteiger partial charge in [0.05, 0.1) is 36.0 Å². The monoisotopic (exact) mass is 833 g/mol. The van der Waals surface area contributed by atoms with Crippen molar-refractivity contribution < 1.29 is 42.4 Å². The number of aliphatic carboxylic acids is 1.